The van der Waals surface area contributed by atoms with Gasteiger partial charge in [-0.05, 0) is 51.4 Å². The van der Waals surface area contributed by atoms with Gasteiger partial charge in [-0.2, -0.15) is 0 Å². The van der Waals surface area contributed by atoms with Crippen molar-refractivity contribution < 1.29 is 260 Å². The lowest BCUT2D eigenvalue weighted by Gasteiger charge is -2.63. The standard InChI is InChI=1S/C88H161NO52S4/c1-5-9-13-17-84(73(64(115)56(107)44(35-94)138-84)133-77-68(119)60(111)52(103)40(31-90)129-77)142-48(99)27-39(98)72-82(123,28-49(100)143-85(18-14-10-6-2)74(65(116)57(108)45(36-95)139-85)134-78-69(120)61(112)53(104)41(32-91)130-78)88(125,30-51(102)145-87(20-16-12-8-4)76(67(118)59(110)47(38-97)141-87)136-80-71(122)63(114)55(106)43(34-93)132-80)83(124,81(137-72)128-26-25-127-24-23-126-22-21-89)29-50(101)144-86(19-15-11-7-3)75(66(117)58(109)46(37-96)140-86)135-79-70(121)62(113)54(105)42(33-92)131-79/h39-81,90-125H,5-38,89H2,1-4H3/t39?,40-,41-,42-,43-,44-,45-,46-,47-,48?,49?,50?,51?,52-,53-,54-,55-,56-,57-,58-,59-,60+,61+,62+,63+,64+,65+,66+,67+,68+,69+,70+,71+,72-,73+,74+,75+,76+,77+,78+,79+,80+,81-,82-,83+,84+,85+,86+,87+,88+/m1/s1. The van der Waals surface area contributed by atoms with Crippen LogP contribution in [-0.4, -0.2) is 574 Å². The molecule has 5 unspecified atom stereocenters. The van der Waals surface area contributed by atoms with E-state index in [0.29, 0.717) is 25.7 Å². The summed E-state index contributed by atoms with van der Waals surface area (Å²) in [5.41, 5.74) is -17.4. The normalized spacial score (nSPS) is 45.5. The first-order chi connectivity index (χ1) is 68.7. The lowest BCUT2D eigenvalue weighted by molar-refractivity contribution is -0.417. The van der Waals surface area contributed by atoms with Crippen LogP contribution in [0, 0.1) is 0 Å². The Morgan fingerprint density at radius 1 is 0.283 bits per heavy atom. The van der Waals surface area contributed by atoms with Gasteiger partial charge in [-0.1, -0.05) is 126 Å². The molecule has 0 bridgehead atoms. The molecule has 9 aliphatic rings. The summed E-state index contributed by atoms with van der Waals surface area (Å²) >= 11 is 0.437. The van der Waals surface area contributed by atoms with Crippen LogP contribution < -0.4 is 5.73 Å². The summed E-state index contributed by atoms with van der Waals surface area (Å²) < 4.78 is 99.2. The van der Waals surface area contributed by atoms with Gasteiger partial charge in [0, 0.05) is 32.2 Å². The molecule has 38 N–H and O–H groups in total. The fourth-order valence-corrected chi connectivity index (χ4v) is 26.4. The third-order valence-corrected chi connectivity index (χ3v) is 33.8. The van der Waals surface area contributed by atoms with E-state index in [1.807, 2.05) is 0 Å². The number of ether oxygens (including phenoxy) is 16. The molecule has 9 fully saturated rings. The molecule has 0 radical (unpaired) electrons. The van der Waals surface area contributed by atoms with Crippen LogP contribution in [0.4, 0.5) is 0 Å². The van der Waals surface area contributed by atoms with Crippen LogP contribution in [0.2, 0.25) is 0 Å². The van der Waals surface area contributed by atoms with E-state index in [1.54, 1.807) is 27.7 Å². The molecule has 57 heteroatoms. The SMILES string of the molecule is CCCCC[C@@]1(SC(O)CC(O)[C@H]2O[C@@H](OCCOCCOCCN)[C@@](O)(CC(O)S[C@]3(CCCCC)O[C@H](CO)[C@@H](O)[C@H](O)[C@@H]3O[C@@H]3O[C@H](CO)[C@@H](O)[C@H](O)[C@@H]3O)[C@](O)(CC(O)S[C@]3(CCCCC)O[C@H](CO)[C@@H](O)[C@H](O)[C@@H]3O[C@@H]3O[C@H](CO)[C@@H](O)[C@H](O)[C@@H]3O)[C@@]2(O)CC(O)S[C@]2(CCCCC)O[C@H](CO)[C@@H](O)[C@H](O)[C@@H]2O[C@@H]2O[C@H](CO)[C@@H](O)[C@H](O)[C@@H]2O)O[C@H](CO)[C@@H](O)[C@H](O)[C@@H]1O[C@@H]1O[C@H](CO)[C@@H](O)[C@H](O)[C@@H]1O. The molecular weight excluding hydrogens is 2030 g/mol. The fraction of sp³-hybridized carbons (Fsp3) is 1.00. The largest absolute Gasteiger partial charge is 0.394 e. The van der Waals surface area contributed by atoms with E-state index >= 15 is 15.3 Å². The maximum absolute atomic E-state index is 15.6. The summed E-state index contributed by atoms with van der Waals surface area (Å²) in [7, 11) is 0. The van der Waals surface area contributed by atoms with Crippen LogP contribution in [0.5, 0.6) is 0 Å². The molecule has 0 aliphatic carbocycles. The van der Waals surface area contributed by atoms with Gasteiger partial charge in [-0.15, -0.1) is 0 Å². The summed E-state index contributed by atoms with van der Waals surface area (Å²) in [6.45, 7) is -4.01. The van der Waals surface area contributed by atoms with Gasteiger partial charge in [-0.3, -0.25) is 0 Å². The molecule has 0 saturated carbocycles. The number of nitrogens with two attached hydrogens (primary N) is 1. The minimum atomic E-state index is -4.27. The van der Waals surface area contributed by atoms with Gasteiger partial charge in [0.2, 0.25) is 0 Å². The van der Waals surface area contributed by atoms with Crippen molar-refractivity contribution in [2.75, 3.05) is 92.4 Å². The maximum atomic E-state index is 15.6. The molecule has 0 spiro atoms. The van der Waals surface area contributed by atoms with Crippen molar-refractivity contribution >= 4 is 47.0 Å². The molecule has 50 atom stereocenters. The first kappa shape index (κ1) is 128. The van der Waals surface area contributed by atoms with Crippen LogP contribution in [0.15, 0.2) is 0 Å². The minimum absolute atomic E-state index is 0.00378. The molecule has 145 heavy (non-hydrogen) atoms. The van der Waals surface area contributed by atoms with Gasteiger partial charge in [0.1, 0.15) is 254 Å². The van der Waals surface area contributed by atoms with Crippen LogP contribution in [0.3, 0.4) is 0 Å². The van der Waals surface area contributed by atoms with Crippen molar-refractivity contribution in [3.63, 3.8) is 0 Å². The van der Waals surface area contributed by atoms with E-state index in [9.17, 15) is 169 Å². The Balaban J connectivity index is 1.36. The van der Waals surface area contributed by atoms with E-state index in [-0.39, 0.29) is 125 Å². The molecule has 53 nitrogen and oxygen atoms in total. The Labute approximate surface area is 854 Å². The van der Waals surface area contributed by atoms with Crippen molar-refractivity contribution in [1.82, 2.24) is 0 Å². The molecule has 0 aromatic carbocycles. The van der Waals surface area contributed by atoms with E-state index in [0.717, 1.165) is 0 Å². The smallest absolute Gasteiger partial charge is 0.190 e. The van der Waals surface area contributed by atoms with Gasteiger partial charge >= 0.3 is 0 Å². The second-order valence-electron chi connectivity index (χ2n) is 38.6. The van der Waals surface area contributed by atoms with Gasteiger partial charge in [0.25, 0.3) is 0 Å². The molecule has 854 valence electrons. The number of aliphatic hydroxyl groups is 36. The predicted octanol–water partition coefficient (Wildman–Crippen LogP) is -13.7. The summed E-state index contributed by atoms with van der Waals surface area (Å²) in [6.07, 6.45) is -93.3. The van der Waals surface area contributed by atoms with Gasteiger partial charge in [0.05, 0.1) is 92.0 Å². The maximum Gasteiger partial charge on any atom is 0.190 e. The highest BCUT2D eigenvalue weighted by Gasteiger charge is 2.76. The zero-order chi connectivity index (χ0) is 108. The van der Waals surface area contributed by atoms with E-state index in [2.05, 4.69) is 0 Å². The molecule has 0 amide bonds. The number of hydrogen-bond acceptors (Lipinski definition) is 57. The molecule has 9 saturated heterocycles. The summed E-state index contributed by atoms with van der Waals surface area (Å²) in [6, 6.07) is 0. The molecule has 0 aromatic rings. The quantitative estimate of drug-likeness (QED) is 0.0199. The van der Waals surface area contributed by atoms with Crippen molar-refractivity contribution in [2.45, 2.75) is 453 Å². The Morgan fingerprint density at radius 2 is 0.531 bits per heavy atom. The topological polar surface area (TPSA) is 902 Å². The summed E-state index contributed by atoms with van der Waals surface area (Å²) in [5, 5.41) is 434. The second-order valence-corrected chi connectivity index (χ2v) is 44.4. The number of aliphatic hydroxyl groups excluding tert-OH is 33. The summed E-state index contributed by atoms with van der Waals surface area (Å²) in [4.78, 5) is -10.4. The Kier molecular flexibility index (Phi) is 50.8. The van der Waals surface area contributed by atoms with Crippen LogP contribution >= 0.6 is 47.0 Å². The number of unbranched alkanes of at least 4 members (excludes halogenated alkanes) is 8. The van der Waals surface area contributed by atoms with Crippen LogP contribution in [0.25, 0.3) is 0 Å². The molecule has 9 aliphatic heterocycles. The third-order valence-electron chi connectivity index (χ3n) is 28.3. The van der Waals surface area contributed by atoms with Crippen molar-refractivity contribution in [2.24, 2.45) is 5.73 Å². The highest BCUT2D eigenvalue weighted by Crippen LogP contribution is 2.60. The molecular formula is C88H161NO52S4. The number of hydrogen-bond donors (Lipinski definition) is 37. The lowest BCUT2D eigenvalue weighted by Crippen LogP contribution is -2.83. The fourth-order valence-electron chi connectivity index (χ4n) is 20.2. The van der Waals surface area contributed by atoms with E-state index in [1.165, 1.54) is 0 Å². The third kappa shape index (κ3) is 29.0. The number of thioether (sulfide) groups is 4. The minimum Gasteiger partial charge on any atom is -0.394 e. The van der Waals surface area contributed by atoms with Crippen LogP contribution in [-0.2, 0) is 75.8 Å². The Bertz CT molecular complexity index is 3680. The van der Waals surface area contributed by atoms with Gasteiger partial charge < -0.3 is 265 Å². The van der Waals surface area contributed by atoms with E-state index < -0.39 is 415 Å². The van der Waals surface area contributed by atoms with Crippen molar-refractivity contribution in [1.29, 1.82) is 0 Å². The second kappa shape index (κ2) is 57.7. The Morgan fingerprint density at radius 3 is 0.800 bits per heavy atom. The average molecular weight is 2190 g/mol. The first-order valence-corrected chi connectivity index (χ1v) is 53.0. The van der Waals surface area contributed by atoms with E-state index in [4.69, 9.17) is 81.5 Å². The predicted molar refractivity (Wildman–Crippen MR) is 497 cm³/mol. The Hall–Kier alpha value is -0.720. The zero-order valence-electron chi connectivity index (χ0n) is 81.2. The monoisotopic (exact) mass is 2190 g/mol. The van der Waals surface area contributed by atoms with Crippen molar-refractivity contribution in [3.8, 4) is 0 Å². The highest BCUT2D eigenvalue weighted by molar-refractivity contribution is 8.01. The van der Waals surface area contributed by atoms with Gasteiger partial charge in [0.15, 0.2) is 37.1 Å². The zero-order valence-corrected chi connectivity index (χ0v) is 84.5. The van der Waals surface area contributed by atoms with Gasteiger partial charge in [-0.25, -0.2) is 0 Å². The highest BCUT2D eigenvalue weighted by atomic mass is 32.2. The number of rotatable bonds is 58. The average Bonchev–Trinajstić information content (AvgIpc) is 0.689. The first-order valence-electron chi connectivity index (χ1n) is 49.5. The molecule has 9 rings (SSSR count). The molecule has 9 heterocycles. The van der Waals surface area contributed by atoms with Crippen LogP contribution in [0.1, 0.15) is 156 Å². The lowest BCUT2D eigenvalue weighted by atomic mass is 9.60. The van der Waals surface area contributed by atoms with Crippen molar-refractivity contribution in [3.05, 3.63) is 0 Å². The summed E-state index contributed by atoms with van der Waals surface area (Å²) in [5.74, 6) is 0. The molecule has 0 aromatic heterocycles.